The summed E-state index contributed by atoms with van der Waals surface area (Å²) in [6.07, 6.45) is 7.40. The first kappa shape index (κ1) is 16.8. The lowest BCUT2D eigenvalue weighted by Crippen LogP contribution is -2.34. The molecule has 8 nitrogen and oxygen atoms in total. The molecule has 0 aliphatic rings. The van der Waals surface area contributed by atoms with E-state index in [1.54, 1.807) is 38.9 Å². The number of aromatic amines is 1. The molecule has 1 atom stereocenters. The van der Waals surface area contributed by atoms with Crippen LogP contribution in [0.3, 0.4) is 0 Å². The van der Waals surface area contributed by atoms with Gasteiger partial charge in [0.2, 0.25) is 5.95 Å². The lowest BCUT2D eigenvalue weighted by atomic mass is 10.1. The molecule has 0 aliphatic carbocycles. The molecule has 4 N–H and O–H groups in total. The molecule has 0 aliphatic heterocycles. The van der Waals surface area contributed by atoms with Gasteiger partial charge in [-0.15, -0.1) is 0 Å². The highest BCUT2D eigenvalue weighted by atomic mass is 16.1. The van der Waals surface area contributed by atoms with Crippen molar-refractivity contribution in [2.45, 2.75) is 19.4 Å². The molecule has 3 aromatic heterocycles. The second-order valence-electron chi connectivity index (χ2n) is 5.93. The number of aromatic nitrogens is 5. The highest BCUT2D eigenvalue weighted by molar-refractivity contribution is 5.63. The van der Waals surface area contributed by atoms with E-state index in [1.807, 2.05) is 12.1 Å². The quantitative estimate of drug-likeness (QED) is 0.613. The third kappa shape index (κ3) is 3.74. The van der Waals surface area contributed by atoms with Gasteiger partial charge in [0.1, 0.15) is 0 Å². The molecular weight excluding hydrogens is 318 g/mol. The zero-order valence-corrected chi connectivity index (χ0v) is 14.2. The Bertz CT molecular complexity index is 887. The summed E-state index contributed by atoms with van der Waals surface area (Å²) in [5, 5.41) is 3.18. The number of imidazole rings is 1. The Morgan fingerprint density at radius 1 is 1.32 bits per heavy atom. The second-order valence-corrected chi connectivity index (χ2v) is 5.93. The molecule has 130 valence electrons. The van der Waals surface area contributed by atoms with E-state index in [4.69, 9.17) is 5.73 Å². The van der Waals surface area contributed by atoms with E-state index in [0.29, 0.717) is 30.2 Å². The van der Waals surface area contributed by atoms with E-state index in [0.717, 1.165) is 11.3 Å². The number of H-pyrrole nitrogens is 1. The number of rotatable bonds is 6. The van der Waals surface area contributed by atoms with Crippen molar-refractivity contribution >= 4 is 5.95 Å². The molecule has 0 bridgehead atoms. The van der Waals surface area contributed by atoms with Crippen molar-refractivity contribution in [3.05, 3.63) is 58.7 Å². The molecule has 0 radical (unpaired) electrons. The van der Waals surface area contributed by atoms with E-state index in [9.17, 15) is 4.79 Å². The van der Waals surface area contributed by atoms with Crippen LogP contribution in [0.1, 0.15) is 11.3 Å². The summed E-state index contributed by atoms with van der Waals surface area (Å²) in [6.45, 7) is 2.26. The van der Waals surface area contributed by atoms with Crippen LogP contribution in [0.2, 0.25) is 0 Å². The molecule has 0 amide bonds. The number of hydrogen-bond donors (Lipinski definition) is 3. The maximum atomic E-state index is 12.5. The van der Waals surface area contributed by atoms with Crippen LogP contribution in [0.25, 0.3) is 11.3 Å². The summed E-state index contributed by atoms with van der Waals surface area (Å²) < 4.78 is 1.50. The smallest absolute Gasteiger partial charge is 0.258 e. The Hall–Kier alpha value is -3.00. The number of nitrogens with zero attached hydrogens (tertiary/aromatic N) is 4. The summed E-state index contributed by atoms with van der Waals surface area (Å²) in [5.74, 6) is 0.488. The third-order valence-corrected chi connectivity index (χ3v) is 4.03. The summed E-state index contributed by atoms with van der Waals surface area (Å²) in [6, 6.07) is 3.54. The van der Waals surface area contributed by atoms with Gasteiger partial charge in [-0.1, -0.05) is 0 Å². The van der Waals surface area contributed by atoms with Gasteiger partial charge in [0, 0.05) is 61.5 Å². The molecule has 0 saturated heterocycles. The summed E-state index contributed by atoms with van der Waals surface area (Å²) in [7, 11) is 1.70. The normalized spacial score (nSPS) is 12.1. The zero-order chi connectivity index (χ0) is 17.8. The van der Waals surface area contributed by atoms with Crippen LogP contribution >= 0.6 is 0 Å². The molecule has 0 fully saturated rings. The first-order valence-corrected chi connectivity index (χ1v) is 8.01. The second kappa shape index (κ2) is 7.27. The van der Waals surface area contributed by atoms with E-state index in [1.165, 1.54) is 4.57 Å². The molecule has 0 spiro atoms. The molecule has 0 unspecified atom stereocenters. The van der Waals surface area contributed by atoms with Crippen LogP contribution in [-0.4, -0.2) is 37.1 Å². The lowest BCUT2D eigenvalue weighted by molar-refractivity contribution is 0.678. The topological polar surface area (TPSA) is 115 Å². The lowest BCUT2D eigenvalue weighted by Gasteiger charge is -2.16. The van der Waals surface area contributed by atoms with Crippen molar-refractivity contribution in [1.29, 1.82) is 0 Å². The van der Waals surface area contributed by atoms with E-state index < -0.39 is 0 Å². The van der Waals surface area contributed by atoms with Crippen LogP contribution < -0.4 is 16.6 Å². The Kier molecular flexibility index (Phi) is 4.90. The van der Waals surface area contributed by atoms with Gasteiger partial charge in [-0.25, -0.2) is 9.97 Å². The molecule has 0 aromatic carbocycles. The van der Waals surface area contributed by atoms with E-state index in [2.05, 4.69) is 25.3 Å². The van der Waals surface area contributed by atoms with Gasteiger partial charge >= 0.3 is 0 Å². The van der Waals surface area contributed by atoms with Crippen LogP contribution in [0.15, 0.2) is 41.8 Å². The van der Waals surface area contributed by atoms with Crippen molar-refractivity contribution in [2.75, 3.05) is 11.9 Å². The van der Waals surface area contributed by atoms with Crippen LogP contribution in [0.5, 0.6) is 0 Å². The minimum Gasteiger partial charge on any atom is -0.354 e. The van der Waals surface area contributed by atoms with Gasteiger partial charge in [0.05, 0.1) is 12.0 Å². The molecule has 0 saturated carbocycles. The van der Waals surface area contributed by atoms with Crippen molar-refractivity contribution in [2.24, 2.45) is 12.8 Å². The number of nitrogens with two attached hydrogens (primary N) is 1. The SMILES string of the molecule is Cc1c(-c2ccncc2)nc(NC[C@@H](N)Cc2cnc[nH]2)n(C)c1=O. The molecule has 3 aromatic rings. The number of nitrogens with one attached hydrogen (secondary N) is 2. The average Bonchev–Trinajstić information content (AvgIpc) is 3.13. The fraction of sp³-hybridized carbons (Fsp3) is 0.294. The minimum atomic E-state index is -0.136. The summed E-state index contributed by atoms with van der Waals surface area (Å²) >= 11 is 0. The van der Waals surface area contributed by atoms with Gasteiger partial charge in [-0.3, -0.25) is 14.3 Å². The molecule has 3 rings (SSSR count). The predicted molar refractivity (Wildman–Crippen MR) is 96.2 cm³/mol. The monoisotopic (exact) mass is 339 g/mol. The van der Waals surface area contributed by atoms with Crippen LogP contribution in [-0.2, 0) is 13.5 Å². The zero-order valence-electron chi connectivity index (χ0n) is 14.2. The van der Waals surface area contributed by atoms with Gasteiger partial charge in [0.25, 0.3) is 5.56 Å². The predicted octanol–water partition coefficient (Wildman–Crippen LogP) is 0.856. The maximum Gasteiger partial charge on any atom is 0.258 e. The Balaban J connectivity index is 1.81. The Morgan fingerprint density at radius 3 is 2.76 bits per heavy atom. The number of hydrogen-bond acceptors (Lipinski definition) is 6. The van der Waals surface area contributed by atoms with Gasteiger partial charge < -0.3 is 16.0 Å². The number of anilines is 1. The average molecular weight is 339 g/mol. The molecular formula is C17H21N7O. The summed E-state index contributed by atoms with van der Waals surface area (Å²) in [4.78, 5) is 28.1. The first-order valence-electron chi connectivity index (χ1n) is 8.01. The highest BCUT2D eigenvalue weighted by Crippen LogP contribution is 2.19. The Morgan fingerprint density at radius 2 is 2.08 bits per heavy atom. The standard InChI is InChI=1S/C17H21N7O/c1-11-15(12-3-5-19-6-4-12)23-17(24(2)16(11)25)21-8-13(18)7-14-9-20-10-22-14/h3-6,9-10,13H,7-8,18H2,1-2H3,(H,20,22)(H,21,23)/t13-/m0/s1. The molecule has 3 heterocycles. The number of pyridine rings is 1. The maximum absolute atomic E-state index is 12.5. The minimum absolute atomic E-state index is 0.0912. The summed E-state index contributed by atoms with van der Waals surface area (Å²) in [5.41, 5.74) is 9.13. The largest absolute Gasteiger partial charge is 0.354 e. The van der Waals surface area contributed by atoms with E-state index in [-0.39, 0.29) is 11.6 Å². The first-order chi connectivity index (χ1) is 12.1. The van der Waals surface area contributed by atoms with Crippen molar-refractivity contribution in [3.8, 4) is 11.3 Å². The van der Waals surface area contributed by atoms with Gasteiger partial charge in [-0.05, 0) is 19.1 Å². The van der Waals surface area contributed by atoms with Crippen molar-refractivity contribution in [1.82, 2.24) is 24.5 Å². The van der Waals surface area contributed by atoms with Crippen molar-refractivity contribution < 1.29 is 0 Å². The van der Waals surface area contributed by atoms with Crippen LogP contribution in [0, 0.1) is 6.92 Å². The highest BCUT2D eigenvalue weighted by Gasteiger charge is 2.14. The van der Waals surface area contributed by atoms with Crippen molar-refractivity contribution in [3.63, 3.8) is 0 Å². The third-order valence-electron chi connectivity index (χ3n) is 4.03. The molecule has 8 heteroatoms. The van der Waals surface area contributed by atoms with Crippen LogP contribution in [0.4, 0.5) is 5.95 Å². The Labute approximate surface area is 145 Å². The molecule has 25 heavy (non-hydrogen) atoms. The van der Waals surface area contributed by atoms with Gasteiger partial charge in [-0.2, -0.15) is 0 Å². The van der Waals surface area contributed by atoms with Gasteiger partial charge in [0.15, 0.2) is 0 Å². The van der Waals surface area contributed by atoms with E-state index >= 15 is 0 Å². The fourth-order valence-electron chi connectivity index (χ4n) is 2.64. The fourth-order valence-corrected chi connectivity index (χ4v) is 2.64.